The molecule has 1 aromatic rings. The molecule has 0 bridgehead atoms. The van der Waals surface area contributed by atoms with Gasteiger partial charge in [0.15, 0.2) is 0 Å². The Balaban J connectivity index is 2.16. The van der Waals surface area contributed by atoms with E-state index in [0.29, 0.717) is 5.92 Å². The molecule has 1 aromatic heterocycles. The first-order valence-electron chi connectivity index (χ1n) is 4.76. The van der Waals surface area contributed by atoms with Gasteiger partial charge in [-0.1, -0.05) is 6.92 Å². The molecule has 4 heteroatoms. The van der Waals surface area contributed by atoms with Crippen LogP contribution >= 0.6 is 0 Å². The summed E-state index contributed by atoms with van der Waals surface area (Å²) in [6.45, 7) is 4.70. The van der Waals surface area contributed by atoms with E-state index in [2.05, 4.69) is 22.2 Å². The summed E-state index contributed by atoms with van der Waals surface area (Å²) < 4.78 is 5.04. The van der Waals surface area contributed by atoms with Gasteiger partial charge in [0.2, 0.25) is 0 Å². The van der Waals surface area contributed by atoms with Crippen molar-refractivity contribution in [3.8, 4) is 0 Å². The zero-order chi connectivity index (χ0) is 10.2. The molecule has 0 aliphatic rings. The van der Waals surface area contributed by atoms with Crippen LogP contribution in [-0.2, 0) is 11.3 Å². The van der Waals surface area contributed by atoms with Crippen LogP contribution in [0.25, 0.3) is 0 Å². The van der Waals surface area contributed by atoms with Gasteiger partial charge in [-0.15, -0.1) is 0 Å². The molecular formula is C10H17N3O. The number of ether oxygens (including phenoxy) is 1. The SMILES string of the molecule is COCC(C)CNCc1cncnc1. The second-order valence-corrected chi connectivity index (χ2v) is 3.44. The van der Waals surface area contributed by atoms with E-state index >= 15 is 0 Å². The quantitative estimate of drug-likeness (QED) is 0.731. The molecule has 1 N–H and O–H groups in total. The van der Waals surface area contributed by atoms with Crippen LogP contribution in [0.5, 0.6) is 0 Å². The van der Waals surface area contributed by atoms with E-state index in [1.807, 2.05) is 12.4 Å². The Morgan fingerprint density at radius 2 is 2.14 bits per heavy atom. The minimum Gasteiger partial charge on any atom is -0.384 e. The highest BCUT2D eigenvalue weighted by atomic mass is 16.5. The van der Waals surface area contributed by atoms with Gasteiger partial charge in [-0.3, -0.25) is 0 Å². The highest BCUT2D eigenvalue weighted by Gasteiger charge is 2.00. The fraction of sp³-hybridized carbons (Fsp3) is 0.600. The standard InChI is InChI=1S/C10H17N3O/c1-9(7-14-2)3-11-4-10-5-12-8-13-6-10/h5-6,8-9,11H,3-4,7H2,1-2H3. The van der Waals surface area contributed by atoms with Crippen molar-refractivity contribution in [2.75, 3.05) is 20.3 Å². The Morgan fingerprint density at radius 1 is 1.43 bits per heavy atom. The van der Waals surface area contributed by atoms with E-state index in [1.165, 1.54) is 6.33 Å². The maximum Gasteiger partial charge on any atom is 0.115 e. The summed E-state index contributed by atoms with van der Waals surface area (Å²) in [5.74, 6) is 0.532. The molecule has 0 aromatic carbocycles. The molecule has 0 aliphatic heterocycles. The largest absolute Gasteiger partial charge is 0.384 e. The van der Waals surface area contributed by atoms with E-state index in [4.69, 9.17) is 4.74 Å². The van der Waals surface area contributed by atoms with Crippen molar-refractivity contribution in [2.24, 2.45) is 5.92 Å². The second kappa shape index (κ2) is 6.45. The number of nitrogens with one attached hydrogen (secondary N) is 1. The van der Waals surface area contributed by atoms with Crippen molar-refractivity contribution in [1.82, 2.24) is 15.3 Å². The van der Waals surface area contributed by atoms with E-state index < -0.39 is 0 Å². The Bertz CT molecular complexity index is 240. The van der Waals surface area contributed by atoms with Crippen molar-refractivity contribution in [3.63, 3.8) is 0 Å². The normalized spacial score (nSPS) is 12.7. The molecule has 1 atom stereocenters. The monoisotopic (exact) mass is 195 g/mol. The lowest BCUT2D eigenvalue weighted by Crippen LogP contribution is -2.23. The van der Waals surface area contributed by atoms with Crippen molar-refractivity contribution in [3.05, 3.63) is 24.3 Å². The maximum atomic E-state index is 5.04. The molecule has 1 heterocycles. The van der Waals surface area contributed by atoms with Crippen molar-refractivity contribution >= 4 is 0 Å². The van der Waals surface area contributed by atoms with Gasteiger partial charge in [0.25, 0.3) is 0 Å². The summed E-state index contributed by atoms with van der Waals surface area (Å²) >= 11 is 0. The Kier molecular flexibility index (Phi) is 5.11. The van der Waals surface area contributed by atoms with Crippen LogP contribution in [0, 0.1) is 5.92 Å². The summed E-state index contributed by atoms with van der Waals surface area (Å²) in [4.78, 5) is 7.89. The summed E-state index contributed by atoms with van der Waals surface area (Å²) in [5, 5.41) is 3.33. The molecule has 0 aliphatic carbocycles. The highest BCUT2D eigenvalue weighted by Crippen LogP contribution is 1.95. The molecule has 1 unspecified atom stereocenters. The fourth-order valence-electron chi connectivity index (χ4n) is 1.23. The van der Waals surface area contributed by atoms with Crippen LogP contribution in [0.3, 0.4) is 0 Å². The second-order valence-electron chi connectivity index (χ2n) is 3.44. The van der Waals surface area contributed by atoms with Gasteiger partial charge >= 0.3 is 0 Å². The van der Waals surface area contributed by atoms with Crippen LogP contribution in [0.4, 0.5) is 0 Å². The molecule has 14 heavy (non-hydrogen) atoms. The molecule has 0 radical (unpaired) electrons. The van der Waals surface area contributed by atoms with Crippen molar-refractivity contribution in [2.45, 2.75) is 13.5 Å². The van der Waals surface area contributed by atoms with Crippen LogP contribution in [0.15, 0.2) is 18.7 Å². The van der Waals surface area contributed by atoms with E-state index in [9.17, 15) is 0 Å². The third-order valence-electron chi connectivity index (χ3n) is 1.89. The summed E-state index contributed by atoms with van der Waals surface area (Å²) in [6.07, 6.45) is 5.18. The Morgan fingerprint density at radius 3 is 2.79 bits per heavy atom. The maximum absolute atomic E-state index is 5.04. The molecule has 0 saturated carbocycles. The zero-order valence-corrected chi connectivity index (χ0v) is 8.73. The molecule has 0 saturated heterocycles. The zero-order valence-electron chi connectivity index (χ0n) is 8.73. The first kappa shape index (κ1) is 11.1. The summed E-state index contributed by atoms with van der Waals surface area (Å²) in [6, 6.07) is 0. The molecule has 0 fully saturated rings. The lowest BCUT2D eigenvalue weighted by Gasteiger charge is -2.10. The molecule has 78 valence electrons. The van der Waals surface area contributed by atoms with Crippen molar-refractivity contribution < 1.29 is 4.74 Å². The predicted octanol–water partition coefficient (Wildman–Crippen LogP) is 0.849. The minimum atomic E-state index is 0.532. The smallest absolute Gasteiger partial charge is 0.115 e. The highest BCUT2D eigenvalue weighted by molar-refractivity contribution is 5.01. The Labute approximate surface area is 84.7 Å². The van der Waals surface area contributed by atoms with Gasteiger partial charge in [-0.25, -0.2) is 9.97 Å². The first-order chi connectivity index (χ1) is 6.83. The fourth-order valence-corrected chi connectivity index (χ4v) is 1.23. The molecule has 4 nitrogen and oxygen atoms in total. The third kappa shape index (κ3) is 4.30. The summed E-state index contributed by atoms with van der Waals surface area (Å²) in [5.41, 5.74) is 1.11. The predicted molar refractivity (Wildman–Crippen MR) is 54.8 cm³/mol. The van der Waals surface area contributed by atoms with E-state index in [1.54, 1.807) is 7.11 Å². The van der Waals surface area contributed by atoms with Gasteiger partial charge in [0, 0.05) is 44.8 Å². The van der Waals surface area contributed by atoms with Crippen molar-refractivity contribution in [1.29, 1.82) is 0 Å². The first-order valence-corrected chi connectivity index (χ1v) is 4.76. The van der Waals surface area contributed by atoms with Gasteiger partial charge in [0.05, 0.1) is 0 Å². The average Bonchev–Trinajstić information content (AvgIpc) is 2.20. The lowest BCUT2D eigenvalue weighted by molar-refractivity contribution is 0.158. The number of hydrogen-bond acceptors (Lipinski definition) is 4. The van der Waals surface area contributed by atoms with Gasteiger partial charge in [0.1, 0.15) is 6.33 Å². The van der Waals surface area contributed by atoms with Gasteiger partial charge < -0.3 is 10.1 Å². The minimum absolute atomic E-state index is 0.532. The molecule has 0 amide bonds. The number of hydrogen-bond donors (Lipinski definition) is 1. The van der Waals surface area contributed by atoms with Gasteiger partial charge in [-0.05, 0) is 5.92 Å². The van der Waals surface area contributed by atoms with E-state index in [-0.39, 0.29) is 0 Å². The van der Waals surface area contributed by atoms with Crippen LogP contribution in [0.2, 0.25) is 0 Å². The molecular weight excluding hydrogens is 178 g/mol. The number of nitrogens with zero attached hydrogens (tertiary/aromatic N) is 2. The summed E-state index contributed by atoms with van der Waals surface area (Å²) in [7, 11) is 1.72. The molecule has 0 spiro atoms. The molecule has 1 rings (SSSR count). The Hall–Kier alpha value is -1.00. The third-order valence-corrected chi connectivity index (χ3v) is 1.89. The topological polar surface area (TPSA) is 47.0 Å². The average molecular weight is 195 g/mol. The van der Waals surface area contributed by atoms with Crippen LogP contribution < -0.4 is 5.32 Å². The number of aromatic nitrogens is 2. The number of methoxy groups -OCH3 is 1. The number of rotatable bonds is 6. The van der Waals surface area contributed by atoms with Crippen LogP contribution in [-0.4, -0.2) is 30.2 Å². The van der Waals surface area contributed by atoms with Gasteiger partial charge in [-0.2, -0.15) is 0 Å². The van der Waals surface area contributed by atoms with Crippen LogP contribution in [0.1, 0.15) is 12.5 Å². The van der Waals surface area contributed by atoms with E-state index in [0.717, 1.165) is 25.3 Å². The lowest BCUT2D eigenvalue weighted by atomic mass is 10.2.